The molecule has 4 aliphatic carbocycles. The van der Waals surface area contributed by atoms with Crippen molar-refractivity contribution >= 4 is 17.7 Å². The van der Waals surface area contributed by atoms with Crippen molar-refractivity contribution in [3.63, 3.8) is 0 Å². The predicted octanol–water partition coefficient (Wildman–Crippen LogP) is 4.41. The molecule has 2 N–H and O–H groups in total. The number of esters is 2. The van der Waals surface area contributed by atoms with Gasteiger partial charge < -0.3 is 29.5 Å². The van der Waals surface area contributed by atoms with Crippen LogP contribution in [0.1, 0.15) is 70.6 Å². The van der Waals surface area contributed by atoms with Crippen molar-refractivity contribution in [3.8, 4) is 0 Å². The van der Waals surface area contributed by atoms with Gasteiger partial charge in [0.25, 0.3) is 11.8 Å². The number of alkyl halides is 4. The largest absolute Gasteiger partial charge is 0.461 e. The quantitative estimate of drug-likeness (QED) is 0.241. The molecular weight excluding hydrogens is 684 g/mol. The number of ether oxygens (including phenoxy) is 2. The van der Waals surface area contributed by atoms with Crippen LogP contribution in [-0.4, -0.2) is 113 Å². The van der Waals surface area contributed by atoms with E-state index >= 15 is 0 Å². The normalized spacial score (nSPS) is 46.2. The Bertz CT molecular complexity index is 1500. The number of aliphatic hydroxyl groups excluding tert-OH is 1. The molecule has 288 valence electrons. The third-order valence-corrected chi connectivity index (χ3v) is 15.1. The van der Waals surface area contributed by atoms with Gasteiger partial charge in [-0.05, 0) is 44.4 Å². The number of allylic oxidation sites excluding steroid dienone is 2. The van der Waals surface area contributed by atoms with Crippen LogP contribution in [-0.2, 0) is 23.9 Å². The highest BCUT2D eigenvalue weighted by Crippen LogP contribution is 2.68. The monoisotopic (exact) mass is 736 g/mol. The number of piperidine rings is 2. The predicted molar refractivity (Wildman–Crippen MR) is 179 cm³/mol. The highest BCUT2D eigenvalue weighted by Gasteiger charge is 2.73. The minimum atomic E-state index is -2.73. The molecule has 9 nitrogen and oxygen atoms in total. The molecule has 4 saturated heterocycles. The highest BCUT2D eigenvalue weighted by molar-refractivity contribution is 5.90. The number of carbonyl (C=O) groups is 3. The van der Waals surface area contributed by atoms with Crippen LogP contribution in [0.4, 0.5) is 17.6 Å². The average molecular weight is 737 g/mol. The van der Waals surface area contributed by atoms with Crippen molar-refractivity contribution < 1.29 is 51.6 Å². The number of rotatable bonds is 5. The number of ketones is 1. The number of hydrogen-bond donors (Lipinski definition) is 2. The summed E-state index contributed by atoms with van der Waals surface area (Å²) < 4.78 is 68.5. The first-order valence-corrected chi connectivity index (χ1v) is 19.4. The summed E-state index contributed by atoms with van der Waals surface area (Å²) in [5.41, 5.74) is -1.19. The number of Topliss-reactive ketones (excluding diaryl/α,β-unsaturated/α-hetero) is 1. The second-order valence-electron chi connectivity index (χ2n) is 17.6. The fraction of sp³-hybridized carbons (Fsp3) is 0.821. The maximum Gasteiger partial charge on any atom is 0.310 e. The molecule has 0 aromatic heterocycles. The minimum absolute atomic E-state index is 0.0215. The van der Waals surface area contributed by atoms with Gasteiger partial charge in [0.05, 0.1) is 24.0 Å². The van der Waals surface area contributed by atoms with Gasteiger partial charge in [-0.25, -0.2) is 17.6 Å². The fourth-order valence-corrected chi connectivity index (χ4v) is 12.3. The Kier molecular flexibility index (Phi) is 9.06. The van der Waals surface area contributed by atoms with Gasteiger partial charge >= 0.3 is 11.9 Å². The van der Waals surface area contributed by atoms with E-state index in [2.05, 4.69) is 13.2 Å². The molecule has 0 bridgehead atoms. The van der Waals surface area contributed by atoms with Crippen molar-refractivity contribution in [1.82, 2.24) is 9.80 Å². The lowest BCUT2D eigenvalue weighted by molar-refractivity contribution is -0.196. The summed E-state index contributed by atoms with van der Waals surface area (Å²) in [5.74, 6) is -10.4. The van der Waals surface area contributed by atoms with Crippen molar-refractivity contribution in [2.75, 3.05) is 45.9 Å². The van der Waals surface area contributed by atoms with E-state index < -0.39 is 77.2 Å². The topological polar surface area (TPSA) is 117 Å². The molecule has 8 rings (SSSR count). The van der Waals surface area contributed by atoms with Crippen LogP contribution >= 0.6 is 0 Å². The van der Waals surface area contributed by atoms with E-state index in [1.165, 1.54) is 0 Å². The highest BCUT2D eigenvalue weighted by atomic mass is 19.3. The van der Waals surface area contributed by atoms with Crippen LogP contribution in [0, 0.1) is 52.8 Å². The Morgan fingerprint density at radius 3 is 1.69 bits per heavy atom. The summed E-state index contributed by atoms with van der Waals surface area (Å²) in [5, 5.41) is 23.1. The molecule has 4 aliphatic heterocycles. The SMILES string of the molecule is C=C1CC[C@H]2C(CN3CCC(F)(F)CC3)C(=O)O[C@@H]2[C@@H]2[C@H]1CC(=O)[C@]21CC[C@@](O)(CO)[C@@H]2[C@H]3OC(=O)C(CN4CCC(F)(F)CC4)[C@@H]3CCC(=C)[C@@H]21. The van der Waals surface area contributed by atoms with E-state index in [1.807, 2.05) is 9.80 Å². The molecule has 4 saturated carbocycles. The van der Waals surface area contributed by atoms with Crippen molar-refractivity contribution in [2.45, 2.75) is 100 Å². The van der Waals surface area contributed by atoms with Gasteiger partial charge in [-0.2, -0.15) is 0 Å². The Labute approximate surface area is 302 Å². The van der Waals surface area contributed by atoms with Gasteiger partial charge in [0.1, 0.15) is 18.0 Å². The van der Waals surface area contributed by atoms with Crippen LogP contribution in [0.25, 0.3) is 0 Å². The molecule has 0 aromatic carbocycles. The van der Waals surface area contributed by atoms with Gasteiger partial charge in [0, 0.05) is 106 Å². The van der Waals surface area contributed by atoms with Crippen LogP contribution in [0.3, 0.4) is 0 Å². The number of likely N-dealkylation sites (tertiary alicyclic amines) is 2. The number of fused-ring (bicyclic) bond motifs is 8. The van der Waals surface area contributed by atoms with Crippen LogP contribution in [0.2, 0.25) is 0 Å². The first kappa shape index (κ1) is 36.6. The molecule has 12 atom stereocenters. The Morgan fingerprint density at radius 1 is 0.712 bits per heavy atom. The molecule has 52 heavy (non-hydrogen) atoms. The van der Waals surface area contributed by atoms with Gasteiger partial charge in [0.15, 0.2) is 0 Å². The van der Waals surface area contributed by atoms with E-state index in [-0.39, 0.29) is 107 Å². The van der Waals surface area contributed by atoms with Gasteiger partial charge in [-0.15, -0.1) is 0 Å². The lowest BCUT2D eigenvalue weighted by Crippen LogP contribution is -2.63. The van der Waals surface area contributed by atoms with Crippen molar-refractivity contribution in [1.29, 1.82) is 0 Å². The molecule has 4 heterocycles. The average Bonchev–Trinajstić information content (AvgIpc) is 3.60. The molecular formula is C39H52F4N2O7. The molecule has 2 unspecified atom stereocenters. The van der Waals surface area contributed by atoms with E-state index in [0.717, 1.165) is 11.1 Å². The number of carbonyl (C=O) groups excluding carboxylic acids is 3. The zero-order valence-corrected chi connectivity index (χ0v) is 29.8. The standard InChI is InChI=1S/C39H52F4N2O7/c1-21-3-5-23-26(18-44-13-9-37(40,41)10-14-44)34(48)51-32(23)30-25(21)17-28(47)39(30)8-7-36(50,20-46)31-29(39)22(2)4-6-24-27(35(49)52-33(24)31)19-45-15-11-38(42,43)12-16-45/h23-27,29-33,46,50H,1-20H2/t23-,24-,25-,26?,27?,29-,30-,31-,32-,33-,36+,39-/m0/s1. The second kappa shape index (κ2) is 12.9. The minimum Gasteiger partial charge on any atom is -0.461 e. The summed E-state index contributed by atoms with van der Waals surface area (Å²) in [4.78, 5) is 46.1. The van der Waals surface area contributed by atoms with E-state index in [4.69, 9.17) is 9.47 Å². The Morgan fingerprint density at radius 2 is 1.19 bits per heavy atom. The van der Waals surface area contributed by atoms with Crippen molar-refractivity contribution in [3.05, 3.63) is 24.3 Å². The Balaban J connectivity index is 1.13. The smallest absolute Gasteiger partial charge is 0.310 e. The number of aliphatic hydroxyl groups is 2. The fourth-order valence-electron chi connectivity index (χ4n) is 12.3. The van der Waals surface area contributed by atoms with Crippen LogP contribution in [0.5, 0.6) is 0 Å². The number of hydrogen-bond acceptors (Lipinski definition) is 9. The lowest BCUT2D eigenvalue weighted by atomic mass is 9.48. The van der Waals surface area contributed by atoms with E-state index in [9.17, 15) is 42.2 Å². The summed E-state index contributed by atoms with van der Waals surface area (Å²) in [7, 11) is 0. The van der Waals surface area contributed by atoms with Crippen LogP contribution in [0.15, 0.2) is 24.3 Å². The zero-order chi connectivity index (χ0) is 37.0. The number of halogens is 4. The third kappa shape index (κ3) is 5.81. The Hall–Kier alpha value is -2.35. The maximum atomic E-state index is 14.8. The summed E-state index contributed by atoms with van der Waals surface area (Å²) in [6.07, 6.45) is 0.0546. The molecule has 8 aliphatic rings. The summed E-state index contributed by atoms with van der Waals surface area (Å²) in [6, 6.07) is 0. The molecule has 0 aromatic rings. The van der Waals surface area contributed by atoms with Gasteiger partial charge in [-0.3, -0.25) is 14.4 Å². The molecule has 8 fully saturated rings. The maximum absolute atomic E-state index is 14.8. The first-order chi connectivity index (χ1) is 24.6. The van der Waals surface area contributed by atoms with Gasteiger partial charge in [-0.1, -0.05) is 24.3 Å². The second-order valence-corrected chi connectivity index (χ2v) is 17.6. The third-order valence-electron chi connectivity index (χ3n) is 15.1. The molecule has 0 amide bonds. The van der Waals surface area contributed by atoms with E-state index in [1.54, 1.807) is 0 Å². The molecule has 13 heteroatoms. The van der Waals surface area contributed by atoms with Gasteiger partial charge in [0.2, 0.25) is 0 Å². The van der Waals surface area contributed by atoms with Crippen LogP contribution < -0.4 is 0 Å². The van der Waals surface area contributed by atoms with Crippen molar-refractivity contribution in [2.24, 2.45) is 52.8 Å². The first-order valence-electron chi connectivity index (χ1n) is 19.4. The molecule has 1 spiro atoms. The number of nitrogens with zero attached hydrogens (tertiary/aromatic N) is 2. The summed E-state index contributed by atoms with van der Waals surface area (Å²) in [6.45, 7) is 9.59. The lowest BCUT2D eigenvalue weighted by Gasteiger charge is -2.57. The van der Waals surface area contributed by atoms with E-state index in [0.29, 0.717) is 32.2 Å². The zero-order valence-electron chi connectivity index (χ0n) is 29.8. The molecule has 0 radical (unpaired) electrons. The summed E-state index contributed by atoms with van der Waals surface area (Å²) >= 11 is 0.